The summed E-state index contributed by atoms with van der Waals surface area (Å²) in [6.45, 7) is 0. The topological polar surface area (TPSA) is 12.5 Å². The van der Waals surface area contributed by atoms with E-state index in [1.807, 2.05) is 0 Å². The number of fused-ring (bicyclic) bond motifs is 2. The highest BCUT2D eigenvalue weighted by Gasteiger charge is 2.48. The zero-order chi connectivity index (χ0) is 7.26. The number of ether oxygens (including phenoxy) is 1. The van der Waals surface area contributed by atoms with Crippen LogP contribution in [0.3, 0.4) is 0 Å². The highest BCUT2D eigenvalue weighted by Crippen LogP contribution is 2.48. The molecule has 1 aliphatic heterocycles. The zero-order valence-electron chi connectivity index (χ0n) is 6.96. The van der Waals surface area contributed by atoms with E-state index in [1.54, 1.807) is 0 Å². The van der Waals surface area contributed by atoms with Crippen LogP contribution in [0.2, 0.25) is 0 Å². The molecule has 3 rings (SSSR count). The van der Waals surface area contributed by atoms with Crippen molar-refractivity contribution in [1.29, 1.82) is 0 Å². The second-order valence-corrected chi connectivity index (χ2v) is 4.49. The Balaban J connectivity index is 1.73. The summed E-state index contributed by atoms with van der Waals surface area (Å²) < 4.78 is 5.57. The van der Waals surface area contributed by atoms with Crippen LogP contribution < -0.4 is 0 Å². The fourth-order valence-electron chi connectivity index (χ4n) is 3.10. The van der Waals surface area contributed by atoms with Gasteiger partial charge >= 0.3 is 0 Å². The first-order valence-electron chi connectivity index (χ1n) is 5.09. The van der Waals surface area contributed by atoms with E-state index in [4.69, 9.17) is 4.74 Å². The van der Waals surface area contributed by atoms with E-state index in [0.717, 1.165) is 11.8 Å². The molecule has 0 aromatic carbocycles. The summed E-state index contributed by atoms with van der Waals surface area (Å²) >= 11 is 0. The third-order valence-electron chi connectivity index (χ3n) is 3.82. The van der Waals surface area contributed by atoms with Gasteiger partial charge in [-0.05, 0) is 24.7 Å². The lowest BCUT2D eigenvalue weighted by Gasteiger charge is -2.33. The molecule has 2 saturated carbocycles. The van der Waals surface area contributed by atoms with Crippen LogP contribution in [0, 0.1) is 11.8 Å². The van der Waals surface area contributed by atoms with Gasteiger partial charge < -0.3 is 4.74 Å². The van der Waals surface area contributed by atoms with Gasteiger partial charge in [0.2, 0.25) is 0 Å². The maximum atomic E-state index is 5.57. The first-order valence-corrected chi connectivity index (χ1v) is 5.09. The van der Waals surface area contributed by atoms with E-state index in [1.165, 1.54) is 38.5 Å². The molecular formula is C10H16O. The van der Waals surface area contributed by atoms with E-state index >= 15 is 0 Å². The molecule has 11 heavy (non-hydrogen) atoms. The predicted octanol–water partition coefficient (Wildman–Crippen LogP) is 2.35. The number of hydrogen-bond acceptors (Lipinski definition) is 1. The Labute approximate surface area is 68.1 Å². The number of hydrogen-bond donors (Lipinski definition) is 0. The molecule has 0 spiro atoms. The Morgan fingerprint density at radius 3 is 1.91 bits per heavy atom. The van der Waals surface area contributed by atoms with Gasteiger partial charge in [0, 0.05) is 0 Å². The second-order valence-electron chi connectivity index (χ2n) is 4.49. The smallest absolute Gasteiger partial charge is 0.0844 e. The molecule has 2 unspecified atom stereocenters. The van der Waals surface area contributed by atoms with Crippen LogP contribution in [-0.2, 0) is 4.74 Å². The fourth-order valence-corrected chi connectivity index (χ4v) is 3.10. The maximum absolute atomic E-state index is 5.57. The molecule has 1 nitrogen and oxygen atoms in total. The van der Waals surface area contributed by atoms with Crippen molar-refractivity contribution in [2.24, 2.45) is 11.8 Å². The number of epoxide rings is 1. The summed E-state index contributed by atoms with van der Waals surface area (Å²) in [7, 11) is 0. The van der Waals surface area contributed by atoms with Gasteiger partial charge in [-0.25, -0.2) is 0 Å². The second kappa shape index (κ2) is 2.22. The Bertz CT molecular complexity index is 148. The molecule has 62 valence electrons. The van der Waals surface area contributed by atoms with Crippen LogP contribution in [-0.4, -0.2) is 12.2 Å². The maximum Gasteiger partial charge on any atom is 0.0844 e. The summed E-state index contributed by atoms with van der Waals surface area (Å²) in [6, 6.07) is 0. The molecule has 0 N–H and O–H groups in total. The Hall–Kier alpha value is -0.0400. The molecule has 0 bridgehead atoms. The molecule has 3 fully saturated rings. The van der Waals surface area contributed by atoms with E-state index < -0.39 is 0 Å². The van der Waals surface area contributed by atoms with Crippen LogP contribution in [0.4, 0.5) is 0 Å². The summed E-state index contributed by atoms with van der Waals surface area (Å²) in [5.41, 5.74) is 0. The largest absolute Gasteiger partial charge is 0.370 e. The first-order chi connectivity index (χ1) is 5.43. The molecule has 3 aliphatic rings. The van der Waals surface area contributed by atoms with E-state index in [0.29, 0.717) is 12.2 Å². The Kier molecular flexibility index (Phi) is 1.31. The van der Waals surface area contributed by atoms with Crippen molar-refractivity contribution in [3.63, 3.8) is 0 Å². The minimum atomic E-state index is 0.703. The zero-order valence-corrected chi connectivity index (χ0v) is 6.96. The average molecular weight is 152 g/mol. The van der Waals surface area contributed by atoms with Gasteiger partial charge in [-0.15, -0.1) is 0 Å². The Morgan fingerprint density at radius 2 is 1.36 bits per heavy atom. The van der Waals surface area contributed by atoms with Crippen molar-refractivity contribution in [3.8, 4) is 0 Å². The standard InChI is InChI=1S/C10H16O/c1-2-4-8-6-10-9(11-10)5-7(8)3-1/h7-10H,1-6H2/t7-,8-,9?,10?/m0/s1. The van der Waals surface area contributed by atoms with E-state index in [9.17, 15) is 0 Å². The molecule has 4 atom stereocenters. The SMILES string of the molecule is C1CC[C@H]2CC3OC3C[C@@H]2C1. The van der Waals surface area contributed by atoms with Gasteiger partial charge in [0.15, 0.2) is 0 Å². The van der Waals surface area contributed by atoms with Crippen molar-refractivity contribution < 1.29 is 4.74 Å². The van der Waals surface area contributed by atoms with Crippen LogP contribution in [0.5, 0.6) is 0 Å². The van der Waals surface area contributed by atoms with Crippen LogP contribution in [0.25, 0.3) is 0 Å². The quantitative estimate of drug-likeness (QED) is 0.485. The van der Waals surface area contributed by atoms with Gasteiger partial charge in [0.05, 0.1) is 12.2 Å². The summed E-state index contributed by atoms with van der Waals surface area (Å²) in [4.78, 5) is 0. The molecule has 0 aromatic heterocycles. The third kappa shape index (κ3) is 1.01. The van der Waals surface area contributed by atoms with E-state index in [-0.39, 0.29) is 0 Å². The van der Waals surface area contributed by atoms with Crippen molar-refractivity contribution in [1.82, 2.24) is 0 Å². The third-order valence-corrected chi connectivity index (χ3v) is 3.82. The lowest BCUT2D eigenvalue weighted by atomic mass is 9.71. The summed E-state index contributed by atoms with van der Waals surface area (Å²) in [5, 5.41) is 0. The monoisotopic (exact) mass is 152 g/mol. The van der Waals surface area contributed by atoms with Gasteiger partial charge in [-0.1, -0.05) is 25.7 Å². The summed E-state index contributed by atoms with van der Waals surface area (Å²) in [6.07, 6.45) is 10.2. The van der Waals surface area contributed by atoms with Gasteiger partial charge in [0.25, 0.3) is 0 Å². The molecular weight excluding hydrogens is 136 g/mol. The van der Waals surface area contributed by atoms with Crippen LogP contribution >= 0.6 is 0 Å². The molecule has 1 saturated heterocycles. The highest BCUT2D eigenvalue weighted by atomic mass is 16.6. The minimum absolute atomic E-state index is 0.703. The fraction of sp³-hybridized carbons (Fsp3) is 1.00. The molecule has 1 heterocycles. The molecule has 0 radical (unpaired) electrons. The lowest BCUT2D eigenvalue weighted by molar-refractivity contribution is 0.190. The van der Waals surface area contributed by atoms with Gasteiger partial charge in [-0.2, -0.15) is 0 Å². The first kappa shape index (κ1) is 6.47. The molecule has 1 heteroatoms. The average Bonchev–Trinajstić information content (AvgIpc) is 2.77. The normalized spacial score (nSPS) is 54.5. The molecule has 2 aliphatic carbocycles. The lowest BCUT2D eigenvalue weighted by Crippen LogP contribution is -2.27. The summed E-state index contributed by atoms with van der Waals surface area (Å²) in [5.74, 6) is 2.10. The van der Waals surface area contributed by atoms with Crippen LogP contribution in [0.1, 0.15) is 38.5 Å². The number of rotatable bonds is 0. The Morgan fingerprint density at radius 1 is 0.818 bits per heavy atom. The predicted molar refractivity (Wildman–Crippen MR) is 43.3 cm³/mol. The highest BCUT2D eigenvalue weighted by molar-refractivity contribution is 4.96. The van der Waals surface area contributed by atoms with Gasteiger partial charge in [-0.3, -0.25) is 0 Å². The van der Waals surface area contributed by atoms with Crippen molar-refractivity contribution in [2.75, 3.05) is 0 Å². The van der Waals surface area contributed by atoms with Crippen molar-refractivity contribution in [3.05, 3.63) is 0 Å². The van der Waals surface area contributed by atoms with Crippen molar-refractivity contribution in [2.45, 2.75) is 50.7 Å². The van der Waals surface area contributed by atoms with Gasteiger partial charge in [0.1, 0.15) is 0 Å². The molecule has 0 aromatic rings. The van der Waals surface area contributed by atoms with E-state index in [2.05, 4.69) is 0 Å². The van der Waals surface area contributed by atoms with Crippen LogP contribution in [0.15, 0.2) is 0 Å². The minimum Gasteiger partial charge on any atom is -0.370 e. The molecule has 0 amide bonds. The van der Waals surface area contributed by atoms with Crippen molar-refractivity contribution >= 4 is 0 Å².